The maximum absolute atomic E-state index is 4.26. The lowest BCUT2D eigenvalue weighted by Crippen LogP contribution is -2.02. The van der Waals surface area contributed by atoms with Crippen LogP contribution in [0.4, 0.5) is 5.69 Å². The average Bonchev–Trinajstić information content (AvgIpc) is 3.15. The SMILES string of the molecule is Brc1cnn(CCc2ccc(NCc3cc[nH]c3)cc2)c1. The topological polar surface area (TPSA) is 45.6 Å². The van der Waals surface area contributed by atoms with E-state index in [0.717, 1.165) is 29.7 Å². The summed E-state index contributed by atoms with van der Waals surface area (Å²) in [4.78, 5) is 3.06. The van der Waals surface area contributed by atoms with Crippen molar-refractivity contribution in [3.63, 3.8) is 0 Å². The van der Waals surface area contributed by atoms with E-state index in [4.69, 9.17) is 0 Å². The van der Waals surface area contributed by atoms with Crippen molar-refractivity contribution in [3.8, 4) is 0 Å². The Kier molecular flexibility index (Phi) is 4.40. The van der Waals surface area contributed by atoms with Gasteiger partial charge in [0.1, 0.15) is 0 Å². The van der Waals surface area contributed by atoms with Gasteiger partial charge in [0, 0.05) is 37.4 Å². The minimum absolute atomic E-state index is 0.837. The molecular formula is C16H17BrN4. The van der Waals surface area contributed by atoms with Crippen LogP contribution in [0, 0.1) is 0 Å². The Morgan fingerprint density at radius 3 is 2.67 bits per heavy atom. The molecule has 0 aliphatic heterocycles. The number of nitrogens with one attached hydrogen (secondary N) is 2. The van der Waals surface area contributed by atoms with Crippen molar-refractivity contribution in [2.75, 3.05) is 5.32 Å². The number of rotatable bonds is 6. The number of nitrogens with zero attached hydrogens (tertiary/aromatic N) is 2. The van der Waals surface area contributed by atoms with Crippen molar-refractivity contribution in [2.45, 2.75) is 19.5 Å². The second kappa shape index (κ2) is 6.63. The predicted molar refractivity (Wildman–Crippen MR) is 88.2 cm³/mol. The monoisotopic (exact) mass is 344 g/mol. The lowest BCUT2D eigenvalue weighted by atomic mass is 10.1. The largest absolute Gasteiger partial charge is 0.381 e. The summed E-state index contributed by atoms with van der Waals surface area (Å²) in [6, 6.07) is 10.7. The molecule has 0 radical (unpaired) electrons. The van der Waals surface area contributed by atoms with Gasteiger partial charge in [-0.2, -0.15) is 5.10 Å². The van der Waals surface area contributed by atoms with Crippen LogP contribution in [0.1, 0.15) is 11.1 Å². The normalized spacial score (nSPS) is 10.7. The van der Waals surface area contributed by atoms with Crippen LogP contribution < -0.4 is 5.32 Å². The van der Waals surface area contributed by atoms with E-state index >= 15 is 0 Å². The van der Waals surface area contributed by atoms with Gasteiger partial charge in [0.25, 0.3) is 0 Å². The molecule has 3 rings (SSSR count). The highest BCUT2D eigenvalue weighted by molar-refractivity contribution is 9.10. The number of benzene rings is 1. The summed E-state index contributed by atoms with van der Waals surface area (Å²) in [5.74, 6) is 0. The minimum Gasteiger partial charge on any atom is -0.381 e. The molecule has 2 aromatic heterocycles. The van der Waals surface area contributed by atoms with Gasteiger partial charge in [-0.1, -0.05) is 12.1 Å². The molecule has 0 fully saturated rings. The molecule has 2 heterocycles. The molecule has 0 bridgehead atoms. The Labute approximate surface area is 132 Å². The summed E-state index contributed by atoms with van der Waals surface area (Å²) in [6.45, 7) is 1.73. The van der Waals surface area contributed by atoms with Crippen molar-refractivity contribution in [3.05, 3.63) is 70.7 Å². The molecule has 0 saturated carbocycles. The van der Waals surface area contributed by atoms with Crippen LogP contribution in [0.25, 0.3) is 0 Å². The lowest BCUT2D eigenvalue weighted by Gasteiger charge is -2.07. The van der Waals surface area contributed by atoms with Crippen molar-refractivity contribution in [2.24, 2.45) is 0 Å². The van der Waals surface area contributed by atoms with Crippen LogP contribution >= 0.6 is 15.9 Å². The Morgan fingerprint density at radius 1 is 1.14 bits per heavy atom. The number of hydrogen-bond acceptors (Lipinski definition) is 2. The maximum atomic E-state index is 4.26. The van der Waals surface area contributed by atoms with Gasteiger partial charge in [0.15, 0.2) is 0 Å². The van der Waals surface area contributed by atoms with Crippen LogP contribution in [-0.4, -0.2) is 14.8 Å². The highest BCUT2D eigenvalue weighted by Crippen LogP contribution is 2.13. The second-order valence-electron chi connectivity index (χ2n) is 4.94. The molecule has 0 atom stereocenters. The highest BCUT2D eigenvalue weighted by Gasteiger charge is 1.99. The first-order valence-electron chi connectivity index (χ1n) is 6.92. The van der Waals surface area contributed by atoms with E-state index in [1.54, 1.807) is 0 Å². The van der Waals surface area contributed by atoms with Gasteiger partial charge in [-0.05, 0) is 51.7 Å². The second-order valence-corrected chi connectivity index (χ2v) is 5.86. The van der Waals surface area contributed by atoms with Crippen LogP contribution in [0.15, 0.2) is 59.6 Å². The quantitative estimate of drug-likeness (QED) is 0.713. The first-order chi connectivity index (χ1) is 10.3. The number of halogens is 1. The fourth-order valence-corrected chi connectivity index (χ4v) is 2.49. The van der Waals surface area contributed by atoms with Crippen LogP contribution in [0.3, 0.4) is 0 Å². The third-order valence-corrected chi connectivity index (χ3v) is 3.75. The van der Waals surface area contributed by atoms with Crippen LogP contribution in [-0.2, 0) is 19.5 Å². The third-order valence-electron chi connectivity index (χ3n) is 3.34. The van der Waals surface area contributed by atoms with E-state index in [0.29, 0.717) is 0 Å². The molecule has 108 valence electrons. The van der Waals surface area contributed by atoms with Gasteiger partial charge in [-0.15, -0.1) is 0 Å². The Morgan fingerprint density at radius 2 is 2.00 bits per heavy atom. The molecule has 21 heavy (non-hydrogen) atoms. The molecule has 0 unspecified atom stereocenters. The van der Waals surface area contributed by atoms with Crippen molar-refractivity contribution in [1.29, 1.82) is 0 Å². The smallest absolute Gasteiger partial charge is 0.0632 e. The molecule has 0 spiro atoms. The summed E-state index contributed by atoms with van der Waals surface area (Å²) in [7, 11) is 0. The molecule has 5 heteroatoms. The first-order valence-corrected chi connectivity index (χ1v) is 7.71. The summed E-state index contributed by atoms with van der Waals surface area (Å²) in [6.07, 6.45) is 8.73. The van der Waals surface area contributed by atoms with E-state index in [1.165, 1.54) is 11.1 Å². The molecule has 0 saturated heterocycles. The fraction of sp³-hybridized carbons (Fsp3) is 0.188. The lowest BCUT2D eigenvalue weighted by molar-refractivity contribution is 0.614. The zero-order chi connectivity index (χ0) is 14.5. The van der Waals surface area contributed by atoms with E-state index in [-0.39, 0.29) is 0 Å². The Hall–Kier alpha value is -2.01. The molecule has 4 nitrogen and oxygen atoms in total. The average molecular weight is 345 g/mol. The number of hydrogen-bond donors (Lipinski definition) is 2. The minimum atomic E-state index is 0.837. The van der Waals surface area contributed by atoms with Gasteiger partial charge in [-0.25, -0.2) is 0 Å². The molecule has 0 aliphatic carbocycles. The molecular weight excluding hydrogens is 328 g/mol. The van der Waals surface area contributed by atoms with Crippen molar-refractivity contribution < 1.29 is 0 Å². The van der Waals surface area contributed by atoms with Gasteiger partial charge in [0.05, 0.1) is 10.7 Å². The Balaban J connectivity index is 1.51. The maximum Gasteiger partial charge on any atom is 0.0632 e. The zero-order valence-corrected chi connectivity index (χ0v) is 13.2. The third kappa shape index (κ3) is 3.98. The van der Waals surface area contributed by atoms with E-state index in [9.17, 15) is 0 Å². The van der Waals surface area contributed by atoms with Gasteiger partial charge in [0.2, 0.25) is 0 Å². The zero-order valence-electron chi connectivity index (χ0n) is 11.6. The summed E-state index contributed by atoms with van der Waals surface area (Å²) in [5, 5.41) is 7.67. The number of anilines is 1. The van der Waals surface area contributed by atoms with Crippen molar-refractivity contribution in [1.82, 2.24) is 14.8 Å². The number of H-pyrrole nitrogens is 1. The first kappa shape index (κ1) is 13.9. The van der Waals surface area contributed by atoms with Crippen LogP contribution in [0.2, 0.25) is 0 Å². The van der Waals surface area contributed by atoms with E-state index in [2.05, 4.69) is 61.7 Å². The summed E-state index contributed by atoms with van der Waals surface area (Å²) in [5.41, 5.74) is 3.71. The van der Waals surface area contributed by atoms with E-state index < -0.39 is 0 Å². The molecule has 0 amide bonds. The van der Waals surface area contributed by atoms with Gasteiger partial charge < -0.3 is 10.3 Å². The van der Waals surface area contributed by atoms with Gasteiger partial charge in [-0.3, -0.25) is 4.68 Å². The molecule has 2 N–H and O–H groups in total. The summed E-state index contributed by atoms with van der Waals surface area (Å²) >= 11 is 3.41. The highest BCUT2D eigenvalue weighted by atomic mass is 79.9. The molecule has 1 aromatic carbocycles. The summed E-state index contributed by atoms with van der Waals surface area (Å²) < 4.78 is 2.97. The molecule has 3 aromatic rings. The van der Waals surface area contributed by atoms with Crippen molar-refractivity contribution >= 4 is 21.6 Å². The fourth-order valence-electron chi connectivity index (χ4n) is 2.17. The molecule has 0 aliphatic rings. The standard InChI is InChI=1S/C16H17BrN4/c17-15-11-20-21(12-15)8-6-13-1-3-16(4-2-13)19-10-14-5-7-18-9-14/h1-5,7,9,11-12,18-19H,6,8,10H2. The van der Waals surface area contributed by atoms with E-state index in [1.807, 2.05) is 29.5 Å². The number of aromatic amines is 1. The number of aromatic nitrogens is 3. The Bertz CT molecular complexity index is 671. The number of aryl methyl sites for hydroxylation is 2. The van der Waals surface area contributed by atoms with Crippen LogP contribution in [0.5, 0.6) is 0 Å². The predicted octanol–water partition coefficient (Wildman–Crippen LogP) is 3.83. The van der Waals surface area contributed by atoms with Gasteiger partial charge >= 0.3 is 0 Å².